The number of ether oxygens (including phenoxy) is 1. The van der Waals surface area contributed by atoms with E-state index in [0.717, 1.165) is 16.9 Å². The van der Waals surface area contributed by atoms with Crippen molar-refractivity contribution in [3.63, 3.8) is 0 Å². The molecule has 0 radical (unpaired) electrons. The minimum Gasteiger partial charge on any atom is -0.378 e. The molecule has 4 rings (SSSR count). The Morgan fingerprint density at radius 2 is 1.87 bits per heavy atom. The van der Waals surface area contributed by atoms with Gasteiger partial charge in [-0.15, -0.1) is 11.3 Å². The number of nitrogens with one attached hydrogen (secondary N) is 3. The average molecular weight is 551 g/mol. The third kappa shape index (κ3) is 6.74. The van der Waals surface area contributed by atoms with Gasteiger partial charge in [-0.2, -0.15) is 23.6 Å². The number of benzene rings is 1. The summed E-state index contributed by atoms with van der Waals surface area (Å²) in [6.07, 6.45) is -3.83. The molecule has 200 valence electrons. The quantitative estimate of drug-likeness (QED) is 0.271. The van der Waals surface area contributed by atoms with Crippen LogP contribution in [-0.2, 0) is 31.8 Å². The Labute approximate surface area is 217 Å². The van der Waals surface area contributed by atoms with Gasteiger partial charge >= 0.3 is 12.1 Å². The molecule has 38 heavy (non-hydrogen) atoms. The van der Waals surface area contributed by atoms with E-state index in [0.29, 0.717) is 38.2 Å². The topological polar surface area (TPSA) is 135 Å². The van der Waals surface area contributed by atoms with Gasteiger partial charge < -0.3 is 25.1 Å². The van der Waals surface area contributed by atoms with E-state index < -0.39 is 23.5 Å². The van der Waals surface area contributed by atoms with Crippen LogP contribution in [0.1, 0.15) is 21.5 Å². The van der Waals surface area contributed by atoms with Gasteiger partial charge in [0.2, 0.25) is 18.3 Å². The zero-order valence-corrected chi connectivity index (χ0v) is 20.4. The van der Waals surface area contributed by atoms with Crippen molar-refractivity contribution in [3.8, 4) is 0 Å². The van der Waals surface area contributed by atoms with Gasteiger partial charge in [0, 0.05) is 25.0 Å². The summed E-state index contributed by atoms with van der Waals surface area (Å²) in [5, 5.41) is 6.82. The van der Waals surface area contributed by atoms with Crippen LogP contribution in [0.15, 0.2) is 41.9 Å². The van der Waals surface area contributed by atoms with E-state index in [2.05, 4.69) is 25.4 Å². The lowest BCUT2D eigenvalue weighted by atomic mass is 10.1. The highest BCUT2D eigenvalue weighted by Gasteiger charge is 2.36. The molecule has 3 N–H and O–H groups in total. The molecule has 0 atom stereocenters. The maximum absolute atomic E-state index is 13.6. The monoisotopic (exact) mass is 550 g/mol. The van der Waals surface area contributed by atoms with E-state index in [-0.39, 0.29) is 35.3 Å². The number of hydroxylamine groups is 1. The van der Waals surface area contributed by atoms with Gasteiger partial charge in [-0.25, -0.2) is 9.78 Å². The number of rotatable bonds is 9. The molecule has 3 aromatic rings. The second-order valence-corrected chi connectivity index (χ2v) is 8.78. The molecule has 2 aromatic heterocycles. The van der Waals surface area contributed by atoms with E-state index in [1.807, 2.05) is 0 Å². The van der Waals surface area contributed by atoms with Crippen molar-refractivity contribution in [2.24, 2.45) is 0 Å². The fraction of sp³-hybridized carbons (Fsp3) is 0.261. The predicted molar refractivity (Wildman–Crippen MR) is 130 cm³/mol. The maximum Gasteiger partial charge on any atom is 0.421 e. The summed E-state index contributed by atoms with van der Waals surface area (Å²) in [5.41, 5.74) is 1.73. The lowest BCUT2D eigenvalue weighted by Crippen LogP contribution is -2.41. The summed E-state index contributed by atoms with van der Waals surface area (Å²) in [4.78, 5) is 48.8. The maximum atomic E-state index is 13.6. The number of nitrogens with zero attached hydrogens (tertiary/aromatic N) is 3. The summed E-state index contributed by atoms with van der Waals surface area (Å²) >= 11 is 0.938. The van der Waals surface area contributed by atoms with E-state index in [9.17, 15) is 27.6 Å². The van der Waals surface area contributed by atoms with Gasteiger partial charge in [0.25, 0.3) is 0 Å². The Hall–Kier alpha value is -4.24. The summed E-state index contributed by atoms with van der Waals surface area (Å²) in [7, 11) is 0. The van der Waals surface area contributed by atoms with Crippen molar-refractivity contribution in [2.45, 2.75) is 12.6 Å². The van der Waals surface area contributed by atoms with Crippen LogP contribution in [-0.4, -0.2) is 59.5 Å². The van der Waals surface area contributed by atoms with Crippen LogP contribution in [0, 0.1) is 0 Å². The number of aromatic nitrogens is 2. The Morgan fingerprint density at radius 3 is 2.55 bits per heavy atom. The first-order valence-corrected chi connectivity index (χ1v) is 12.0. The molecule has 15 heteroatoms. The standard InChI is InChI=1S/C23H21F3N6O5S/c24-23(25,26)17-12-27-22(31-19(17)30-20-16(5-10-38-20)21(35)37-28-13-33)29-15-3-1-14(2-4-15)11-18(34)32-6-8-36-9-7-32/h1-5,10,12-13H,6-9,11H2,(H,28,33)(H2,27,29,30,31). The summed E-state index contributed by atoms with van der Waals surface area (Å²) in [6, 6.07) is 8.08. The average Bonchev–Trinajstić information content (AvgIpc) is 3.36. The molecule has 3 heterocycles. The van der Waals surface area contributed by atoms with Gasteiger partial charge in [0.15, 0.2) is 0 Å². The van der Waals surface area contributed by atoms with Crippen molar-refractivity contribution >= 4 is 52.1 Å². The first-order valence-electron chi connectivity index (χ1n) is 11.1. The minimum atomic E-state index is -4.79. The van der Waals surface area contributed by atoms with Crippen LogP contribution in [0.2, 0.25) is 0 Å². The molecule has 0 saturated carbocycles. The number of hydrogen-bond donors (Lipinski definition) is 3. The smallest absolute Gasteiger partial charge is 0.378 e. The molecule has 2 amide bonds. The number of carbonyl (C=O) groups is 3. The number of amides is 2. The number of morpholine rings is 1. The highest BCUT2D eigenvalue weighted by molar-refractivity contribution is 7.14. The summed E-state index contributed by atoms with van der Waals surface area (Å²) in [6.45, 7) is 2.11. The van der Waals surface area contributed by atoms with E-state index in [1.54, 1.807) is 34.6 Å². The zero-order chi connectivity index (χ0) is 27.1. The first kappa shape index (κ1) is 26.8. The Bertz CT molecular complexity index is 1300. The fourth-order valence-corrected chi connectivity index (χ4v) is 4.26. The number of anilines is 4. The van der Waals surface area contributed by atoms with Crippen LogP contribution < -0.4 is 16.1 Å². The zero-order valence-electron chi connectivity index (χ0n) is 19.6. The number of carbonyl (C=O) groups excluding carboxylic acids is 3. The van der Waals surface area contributed by atoms with Crippen LogP contribution in [0.3, 0.4) is 0 Å². The SMILES string of the molecule is O=CNOC(=O)c1ccsc1Nc1nc(Nc2ccc(CC(=O)N3CCOCC3)cc2)ncc1C(F)(F)F. The number of halogens is 3. The van der Waals surface area contributed by atoms with Gasteiger partial charge in [-0.05, 0) is 29.1 Å². The van der Waals surface area contributed by atoms with Gasteiger partial charge in [0.05, 0.1) is 25.2 Å². The van der Waals surface area contributed by atoms with Crippen molar-refractivity contribution in [1.29, 1.82) is 0 Å². The fourth-order valence-electron chi connectivity index (χ4n) is 3.49. The lowest BCUT2D eigenvalue weighted by molar-refractivity contribution is -0.137. The second kappa shape index (κ2) is 11.9. The molecule has 1 fully saturated rings. The Morgan fingerprint density at radius 1 is 1.13 bits per heavy atom. The van der Waals surface area contributed by atoms with Crippen molar-refractivity contribution in [3.05, 3.63) is 58.6 Å². The molecule has 1 aliphatic heterocycles. The predicted octanol–water partition coefficient (Wildman–Crippen LogP) is 3.26. The summed E-state index contributed by atoms with van der Waals surface area (Å²) < 4.78 is 46.1. The molecule has 0 unspecified atom stereocenters. The highest BCUT2D eigenvalue weighted by atomic mass is 32.1. The third-order valence-corrected chi connectivity index (χ3v) is 6.17. The summed E-state index contributed by atoms with van der Waals surface area (Å²) in [5.74, 6) is -1.73. The molecular weight excluding hydrogens is 529 g/mol. The molecule has 1 aromatic carbocycles. The van der Waals surface area contributed by atoms with Crippen molar-refractivity contribution in [1.82, 2.24) is 20.3 Å². The van der Waals surface area contributed by atoms with Crippen molar-refractivity contribution < 1.29 is 37.1 Å². The Balaban J connectivity index is 1.49. The molecule has 0 spiro atoms. The number of thiophene rings is 1. The molecular formula is C23H21F3N6O5S. The molecule has 0 aliphatic carbocycles. The van der Waals surface area contributed by atoms with Crippen LogP contribution in [0.25, 0.3) is 0 Å². The lowest BCUT2D eigenvalue weighted by Gasteiger charge is -2.26. The van der Waals surface area contributed by atoms with E-state index in [4.69, 9.17) is 4.74 Å². The van der Waals surface area contributed by atoms with Gasteiger partial charge in [0.1, 0.15) is 16.4 Å². The van der Waals surface area contributed by atoms with E-state index >= 15 is 0 Å². The third-order valence-electron chi connectivity index (χ3n) is 5.34. The van der Waals surface area contributed by atoms with Gasteiger partial charge in [-0.1, -0.05) is 12.1 Å². The van der Waals surface area contributed by atoms with Crippen LogP contribution in [0.5, 0.6) is 0 Å². The molecule has 0 bridgehead atoms. The highest BCUT2D eigenvalue weighted by Crippen LogP contribution is 2.37. The number of hydrogen-bond acceptors (Lipinski definition) is 10. The van der Waals surface area contributed by atoms with E-state index in [1.165, 1.54) is 11.4 Å². The second-order valence-electron chi connectivity index (χ2n) is 7.86. The first-order chi connectivity index (χ1) is 18.2. The van der Waals surface area contributed by atoms with Crippen LogP contribution in [0.4, 0.5) is 35.6 Å². The largest absolute Gasteiger partial charge is 0.421 e. The van der Waals surface area contributed by atoms with Crippen molar-refractivity contribution in [2.75, 3.05) is 36.9 Å². The number of alkyl halides is 3. The normalized spacial score (nSPS) is 13.5. The molecule has 11 nitrogen and oxygen atoms in total. The molecule has 1 saturated heterocycles. The van der Waals surface area contributed by atoms with Gasteiger partial charge in [-0.3, -0.25) is 9.59 Å². The minimum absolute atomic E-state index is 0.0189. The van der Waals surface area contributed by atoms with Crippen LogP contribution >= 0.6 is 11.3 Å². The molecule has 1 aliphatic rings. The Kier molecular flexibility index (Phi) is 8.38.